The highest BCUT2D eigenvalue weighted by Crippen LogP contribution is 2.68. The standard InChI is InChI=1S/C24H34N2O2S/c1-13(27)21-17(18(12-25)22(26)29)11-20-16-5-4-14-10-15(28)6-8-23(14,2)19(16)7-9-24(20,21)3/h4,15-21,28H,5-11H2,1-3H3,(H2,26,29)/t15-,16+,17-,18-,19+,20+,21+,23-,24-/m0/s1. The maximum atomic E-state index is 12.8. The van der Waals surface area contributed by atoms with Gasteiger partial charge in [0.15, 0.2) is 0 Å². The molecule has 0 unspecified atom stereocenters. The summed E-state index contributed by atoms with van der Waals surface area (Å²) in [5.74, 6) is 1.04. The number of rotatable bonds is 3. The molecule has 0 radical (unpaired) electrons. The van der Waals surface area contributed by atoms with Gasteiger partial charge in [-0.1, -0.05) is 37.7 Å². The van der Waals surface area contributed by atoms with Gasteiger partial charge >= 0.3 is 0 Å². The van der Waals surface area contributed by atoms with Gasteiger partial charge in [0.2, 0.25) is 0 Å². The van der Waals surface area contributed by atoms with Crippen LogP contribution in [0.25, 0.3) is 0 Å². The highest BCUT2D eigenvalue weighted by atomic mass is 32.1. The summed E-state index contributed by atoms with van der Waals surface area (Å²) in [6, 6.07) is 2.33. The zero-order valence-corrected chi connectivity index (χ0v) is 18.7. The fourth-order valence-corrected chi connectivity index (χ4v) is 8.43. The maximum absolute atomic E-state index is 12.8. The lowest BCUT2D eigenvalue weighted by Crippen LogP contribution is -2.51. The van der Waals surface area contributed by atoms with E-state index in [1.807, 2.05) is 0 Å². The third kappa shape index (κ3) is 3.01. The quantitative estimate of drug-likeness (QED) is 0.535. The summed E-state index contributed by atoms with van der Waals surface area (Å²) >= 11 is 5.22. The lowest BCUT2D eigenvalue weighted by molar-refractivity contribution is -0.129. The van der Waals surface area contributed by atoms with Gasteiger partial charge in [0.25, 0.3) is 0 Å². The van der Waals surface area contributed by atoms with Crippen LogP contribution in [0.2, 0.25) is 0 Å². The van der Waals surface area contributed by atoms with Crippen LogP contribution in [0.15, 0.2) is 11.6 Å². The third-order valence-electron chi connectivity index (χ3n) is 9.49. The second-order valence-corrected chi connectivity index (χ2v) is 11.2. The molecule has 4 aliphatic rings. The molecule has 0 aliphatic heterocycles. The smallest absolute Gasteiger partial charge is 0.133 e. The van der Waals surface area contributed by atoms with Gasteiger partial charge in [0.1, 0.15) is 5.78 Å². The van der Waals surface area contributed by atoms with Crippen LogP contribution in [0.5, 0.6) is 0 Å². The molecule has 3 N–H and O–H groups in total. The number of fused-ring (bicyclic) bond motifs is 5. The first-order valence-corrected chi connectivity index (χ1v) is 11.6. The summed E-state index contributed by atoms with van der Waals surface area (Å²) in [6.07, 6.45) is 9.03. The van der Waals surface area contributed by atoms with E-state index >= 15 is 0 Å². The molecule has 29 heavy (non-hydrogen) atoms. The molecule has 0 bridgehead atoms. The summed E-state index contributed by atoms with van der Waals surface area (Å²) in [5, 5.41) is 20.0. The number of nitriles is 1. The van der Waals surface area contributed by atoms with Crippen LogP contribution in [0.4, 0.5) is 0 Å². The van der Waals surface area contributed by atoms with Gasteiger partial charge in [-0.2, -0.15) is 5.26 Å². The number of hydrogen-bond donors (Lipinski definition) is 2. The summed E-state index contributed by atoms with van der Waals surface area (Å²) in [4.78, 5) is 13.1. The van der Waals surface area contributed by atoms with Crippen molar-refractivity contribution in [3.63, 3.8) is 0 Å². The number of thiocarbonyl (C=S) groups is 1. The van der Waals surface area contributed by atoms with E-state index in [9.17, 15) is 15.2 Å². The van der Waals surface area contributed by atoms with E-state index in [1.165, 1.54) is 5.57 Å². The van der Waals surface area contributed by atoms with E-state index in [0.29, 0.717) is 17.8 Å². The average Bonchev–Trinajstić information content (AvgIpc) is 2.95. The molecule has 0 spiro atoms. The molecule has 4 rings (SSSR count). The minimum Gasteiger partial charge on any atom is -0.393 e. The van der Waals surface area contributed by atoms with Crippen molar-refractivity contribution in [3.05, 3.63) is 11.6 Å². The van der Waals surface area contributed by atoms with E-state index in [2.05, 4.69) is 26.0 Å². The Kier molecular flexibility index (Phi) is 5.19. The molecule has 4 nitrogen and oxygen atoms in total. The van der Waals surface area contributed by atoms with Crippen molar-refractivity contribution >= 4 is 23.0 Å². The summed E-state index contributed by atoms with van der Waals surface area (Å²) in [5.41, 5.74) is 7.49. The Labute approximate surface area is 179 Å². The van der Waals surface area contributed by atoms with Gasteiger partial charge in [0, 0.05) is 5.92 Å². The summed E-state index contributed by atoms with van der Waals surface area (Å²) < 4.78 is 0. The largest absolute Gasteiger partial charge is 0.393 e. The van der Waals surface area contributed by atoms with Crippen molar-refractivity contribution in [2.24, 2.45) is 52.1 Å². The Morgan fingerprint density at radius 1 is 1.34 bits per heavy atom. The number of aliphatic hydroxyl groups excluding tert-OH is 1. The molecule has 0 aromatic rings. The number of Topliss-reactive ketones (excluding diaryl/α,β-unsaturated/α-hetero) is 1. The number of carbonyl (C=O) groups is 1. The van der Waals surface area contributed by atoms with Crippen molar-refractivity contribution in [2.45, 2.75) is 71.8 Å². The molecule has 0 amide bonds. The molecule has 158 valence electrons. The molecule has 0 saturated heterocycles. The number of aliphatic hydroxyl groups is 1. The molecule has 0 heterocycles. The van der Waals surface area contributed by atoms with Crippen molar-refractivity contribution in [2.75, 3.05) is 0 Å². The van der Waals surface area contributed by atoms with Crippen molar-refractivity contribution in [1.29, 1.82) is 5.26 Å². The monoisotopic (exact) mass is 414 g/mol. The number of nitrogens with two attached hydrogens (primary N) is 1. The van der Waals surface area contributed by atoms with E-state index in [0.717, 1.165) is 44.9 Å². The van der Waals surface area contributed by atoms with Gasteiger partial charge in [-0.15, -0.1) is 0 Å². The van der Waals surface area contributed by atoms with Gasteiger partial charge in [-0.05, 0) is 86.4 Å². The molecule has 3 saturated carbocycles. The van der Waals surface area contributed by atoms with Crippen LogP contribution in [-0.2, 0) is 4.79 Å². The zero-order valence-electron chi connectivity index (χ0n) is 17.9. The Morgan fingerprint density at radius 2 is 2.07 bits per heavy atom. The van der Waals surface area contributed by atoms with Crippen molar-refractivity contribution < 1.29 is 9.90 Å². The average molecular weight is 415 g/mol. The molecular formula is C24H34N2O2S. The molecule has 4 aliphatic carbocycles. The first-order chi connectivity index (χ1) is 13.6. The van der Waals surface area contributed by atoms with Crippen LogP contribution in [-0.4, -0.2) is 22.0 Å². The number of nitrogens with zero attached hydrogens (tertiary/aromatic N) is 1. The topological polar surface area (TPSA) is 87.1 Å². The van der Waals surface area contributed by atoms with Crippen LogP contribution in [0.3, 0.4) is 0 Å². The number of allylic oxidation sites excluding steroid dienone is 1. The fourth-order valence-electron chi connectivity index (χ4n) is 8.20. The van der Waals surface area contributed by atoms with Crippen LogP contribution in [0.1, 0.15) is 65.7 Å². The Hall–Kier alpha value is -1.25. The first kappa shape index (κ1) is 21.0. The molecule has 0 aromatic carbocycles. The first-order valence-electron chi connectivity index (χ1n) is 11.2. The van der Waals surface area contributed by atoms with E-state index < -0.39 is 5.92 Å². The Balaban J connectivity index is 1.71. The number of carbonyl (C=O) groups excluding carboxylic acids is 1. The lowest BCUT2D eigenvalue weighted by Gasteiger charge is -2.57. The number of hydrogen-bond acceptors (Lipinski definition) is 4. The van der Waals surface area contributed by atoms with Crippen molar-refractivity contribution in [3.8, 4) is 6.07 Å². The van der Waals surface area contributed by atoms with Crippen LogP contribution in [0, 0.1) is 57.7 Å². The molecular weight excluding hydrogens is 380 g/mol. The second kappa shape index (κ2) is 7.17. The molecule has 5 heteroatoms. The predicted octanol–water partition coefficient (Wildman–Crippen LogP) is 4.17. The van der Waals surface area contributed by atoms with E-state index in [4.69, 9.17) is 18.0 Å². The maximum Gasteiger partial charge on any atom is 0.133 e. The lowest BCUT2D eigenvalue weighted by atomic mass is 9.47. The Morgan fingerprint density at radius 3 is 2.69 bits per heavy atom. The Bertz CT molecular complexity index is 801. The van der Waals surface area contributed by atoms with E-state index in [-0.39, 0.29) is 39.5 Å². The van der Waals surface area contributed by atoms with Crippen LogP contribution < -0.4 is 5.73 Å². The molecule has 3 fully saturated rings. The molecule has 9 atom stereocenters. The molecule has 0 aromatic heterocycles. The SMILES string of the molecule is CC(=O)[C@@H]1[C@H]([C@H](C#N)C(N)=S)C[C@@H]2[C@@H]3CC=C4C[C@@H](O)CC[C@]4(C)[C@@H]3CC[C@@]21C. The highest BCUT2D eigenvalue weighted by molar-refractivity contribution is 7.80. The second-order valence-electron chi connectivity index (χ2n) is 10.7. The normalized spacial score (nSPS) is 47.1. The summed E-state index contributed by atoms with van der Waals surface area (Å²) in [7, 11) is 0. The van der Waals surface area contributed by atoms with Gasteiger partial charge in [-0.25, -0.2) is 0 Å². The van der Waals surface area contributed by atoms with Gasteiger partial charge < -0.3 is 10.8 Å². The highest BCUT2D eigenvalue weighted by Gasteiger charge is 2.63. The van der Waals surface area contributed by atoms with Crippen molar-refractivity contribution in [1.82, 2.24) is 0 Å². The predicted molar refractivity (Wildman–Crippen MR) is 117 cm³/mol. The third-order valence-corrected chi connectivity index (χ3v) is 9.75. The number of ketones is 1. The fraction of sp³-hybridized carbons (Fsp3) is 0.792. The van der Waals surface area contributed by atoms with Gasteiger partial charge in [-0.3, -0.25) is 4.79 Å². The van der Waals surface area contributed by atoms with Crippen LogP contribution >= 0.6 is 12.2 Å². The zero-order chi connectivity index (χ0) is 21.1. The van der Waals surface area contributed by atoms with Gasteiger partial charge in [0.05, 0.1) is 23.1 Å². The minimum atomic E-state index is -0.519. The van der Waals surface area contributed by atoms with E-state index in [1.54, 1.807) is 6.92 Å². The summed E-state index contributed by atoms with van der Waals surface area (Å²) in [6.45, 7) is 6.39. The minimum absolute atomic E-state index is 0.0601.